The minimum atomic E-state index is 0.465. The smallest absolute Gasteiger partial charge is 0.122 e. The predicted molar refractivity (Wildman–Crippen MR) is 68.4 cm³/mol. The highest BCUT2D eigenvalue weighted by Gasteiger charge is 2.08. The molecule has 3 heteroatoms. The molecule has 0 saturated carbocycles. The van der Waals surface area contributed by atoms with Gasteiger partial charge in [0.2, 0.25) is 0 Å². The van der Waals surface area contributed by atoms with Gasteiger partial charge in [-0.15, -0.1) is 0 Å². The van der Waals surface area contributed by atoms with Gasteiger partial charge in [-0.1, -0.05) is 26.0 Å². The molecular weight excluding hydrogens is 212 g/mol. The Kier molecular flexibility index (Phi) is 3.47. The van der Waals surface area contributed by atoms with Crippen LogP contribution in [0.4, 0.5) is 0 Å². The maximum Gasteiger partial charge on any atom is 0.122 e. The molecule has 17 heavy (non-hydrogen) atoms. The van der Waals surface area contributed by atoms with E-state index in [-0.39, 0.29) is 0 Å². The molecule has 0 radical (unpaired) electrons. The zero-order valence-electron chi connectivity index (χ0n) is 10.6. The van der Waals surface area contributed by atoms with Gasteiger partial charge in [-0.25, -0.2) is 4.98 Å². The largest absolute Gasteiger partial charge is 0.496 e. The van der Waals surface area contributed by atoms with E-state index in [9.17, 15) is 0 Å². The van der Waals surface area contributed by atoms with Crippen molar-refractivity contribution in [2.75, 3.05) is 7.11 Å². The van der Waals surface area contributed by atoms with Gasteiger partial charge in [-0.3, -0.25) is 0 Å². The fourth-order valence-electron chi connectivity index (χ4n) is 1.92. The highest BCUT2D eigenvalue weighted by Crippen LogP contribution is 2.27. The number of rotatable bonds is 4. The molecule has 0 N–H and O–H groups in total. The molecule has 0 aliphatic carbocycles. The Morgan fingerprint density at radius 1 is 1.35 bits per heavy atom. The fourth-order valence-corrected chi connectivity index (χ4v) is 1.92. The van der Waals surface area contributed by atoms with E-state index in [0.717, 1.165) is 12.3 Å². The van der Waals surface area contributed by atoms with E-state index in [2.05, 4.69) is 35.5 Å². The lowest BCUT2D eigenvalue weighted by Gasteiger charge is -2.13. The Balaban J connectivity index is 2.27. The first-order valence-corrected chi connectivity index (χ1v) is 5.83. The third kappa shape index (κ3) is 2.67. The quantitative estimate of drug-likeness (QED) is 0.807. The monoisotopic (exact) mass is 230 g/mol. The maximum absolute atomic E-state index is 5.38. The van der Waals surface area contributed by atoms with Crippen molar-refractivity contribution in [1.29, 1.82) is 0 Å². The number of benzene rings is 1. The van der Waals surface area contributed by atoms with Gasteiger partial charge in [0.1, 0.15) is 5.75 Å². The van der Waals surface area contributed by atoms with Crippen molar-refractivity contribution in [2.45, 2.75) is 26.3 Å². The number of ether oxygens (including phenoxy) is 1. The Bertz CT molecular complexity index is 475. The number of hydrogen-bond acceptors (Lipinski definition) is 2. The van der Waals surface area contributed by atoms with Crippen LogP contribution in [-0.4, -0.2) is 16.7 Å². The zero-order chi connectivity index (χ0) is 12.3. The third-order valence-electron chi connectivity index (χ3n) is 2.84. The number of hydrogen-bond donors (Lipinski definition) is 0. The van der Waals surface area contributed by atoms with Gasteiger partial charge in [0.05, 0.1) is 13.4 Å². The Hall–Kier alpha value is -1.77. The minimum absolute atomic E-state index is 0.465. The second-order valence-corrected chi connectivity index (χ2v) is 4.47. The summed E-state index contributed by atoms with van der Waals surface area (Å²) in [6, 6.07) is 6.36. The van der Waals surface area contributed by atoms with E-state index in [4.69, 9.17) is 4.74 Å². The molecule has 0 aliphatic rings. The van der Waals surface area contributed by atoms with E-state index in [1.807, 2.05) is 18.6 Å². The topological polar surface area (TPSA) is 27.1 Å². The van der Waals surface area contributed by atoms with E-state index in [1.165, 1.54) is 11.1 Å². The molecule has 0 amide bonds. The molecule has 2 aromatic rings. The average molecular weight is 230 g/mol. The van der Waals surface area contributed by atoms with Crippen molar-refractivity contribution < 1.29 is 4.74 Å². The van der Waals surface area contributed by atoms with Gasteiger partial charge in [0.15, 0.2) is 0 Å². The third-order valence-corrected chi connectivity index (χ3v) is 2.84. The second-order valence-electron chi connectivity index (χ2n) is 4.47. The van der Waals surface area contributed by atoms with Crippen molar-refractivity contribution >= 4 is 0 Å². The number of nitrogens with zero attached hydrogens (tertiary/aromatic N) is 2. The van der Waals surface area contributed by atoms with Crippen molar-refractivity contribution in [3.8, 4) is 5.75 Å². The molecule has 0 saturated heterocycles. The van der Waals surface area contributed by atoms with Crippen LogP contribution < -0.4 is 4.74 Å². The van der Waals surface area contributed by atoms with E-state index < -0.39 is 0 Å². The van der Waals surface area contributed by atoms with E-state index in [0.29, 0.717) is 5.92 Å². The first-order chi connectivity index (χ1) is 8.20. The molecular formula is C14H18N2O. The van der Waals surface area contributed by atoms with Gasteiger partial charge in [-0.2, -0.15) is 0 Å². The van der Waals surface area contributed by atoms with Gasteiger partial charge < -0.3 is 9.30 Å². The number of aromatic nitrogens is 2. The zero-order valence-corrected chi connectivity index (χ0v) is 10.6. The Morgan fingerprint density at radius 2 is 2.18 bits per heavy atom. The summed E-state index contributed by atoms with van der Waals surface area (Å²) in [7, 11) is 1.72. The molecule has 90 valence electrons. The summed E-state index contributed by atoms with van der Waals surface area (Å²) in [5.41, 5.74) is 2.53. The van der Waals surface area contributed by atoms with Crippen LogP contribution in [0, 0.1) is 0 Å². The lowest BCUT2D eigenvalue weighted by atomic mass is 9.99. The van der Waals surface area contributed by atoms with Crippen LogP contribution in [-0.2, 0) is 6.54 Å². The van der Waals surface area contributed by atoms with Crippen molar-refractivity contribution in [3.63, 3.8) is 0 Å². The molecule has 0 spiro atoms. The summed E-state index contributed by atoms with van der Waals surface area (Å²) < 4.78 is 7.44. The Morgan fingerprint density at radius 3 is 2.76 bits per heavy atom. The van der Waals surface area contributed by atoms with Gasteiger partial charge >= 0.3 is 0 Å². The standard InChI is InChI=1S/C14H18N2O/c1-11(2)13-8-12(4-5-14(13)17-3)9-16-7-6-15-10-16/h4-8,10-11H,9H2,1-3H3. The maximum atomic E-state index is 5.38. The second kappa shape index (κ2) is 5.04. The molecule has 0 bridgehead atoms. The van der Waals surface area contributed by atoms with Crippen molar-refractivity contribution in [3.05, 3.63) is 48.0 Å². The van der Waals surface area contributed by atoms with Crippen LogP contribution in [0.5, 0.6) is 5.75 Å². The summed E-state index contributed by atoms with van der Waals surface area (Å²) in [5, 5.41) is 0. The van der Waals surface area contributed by atoms with Crippen LogP contribution >= 0.6 is 0 Å². The lowest BCUT2D eigenvalue weighted by Crippen LogP contribution is -2.00. The Labute approximate surface area is 102 Å². The molecule has 0 aliphatic heterocycles. The van der Waals surface area contributed by atoms with Gasteiger partial charge in [0, 0.05) is 18.9 Å². The molecule has 2 rings (SSSR count). The van der Waals surface area contributed by atoms with Crippen LogP contribution in [0.1, 0.15) is 30.9 Å². The molecule has 0 atom stereocenters. The van der Waals surface area contributed by atoms with Crippen LogP contribution in [0.25, 0.3) is 0 Å². The minimum Gasteiger partial charge on any atom is -0.496 e. The summed E-state index contributed by atoms with van der Waals surface area (Å²) in [6.45, 7) is 5.21. The van der Waals surface area contributed by atoms with Crippen LogP contribution in [0.2, 0.25) is 0 Å². The van der Waals surface area contributed by atoms with Crippen molar-refractivity contribution in [2.24, 2.45) is 0 Å². The normalized spacial score (nSPS) is 10.8. The first kappa shape index (κ1) is 11.7. The molecule has 3 nitrogen and oxygen atoms in total. The summed E-state index contributed by atoms with van der Waals surface area (Å²) in [6.07, 6.45) is 5.60. The van der Waals surface area contributed by atoms with Crippen molar-refractivity contribution in [1.82, 2.24) is 9.55 Å². The summed E-state index contributed by atoms with van der Waals surface area (Å²) >= 11 is 0. The first-order valence-electron chi connectivity index (χ1n) is 5.83. The SMILES string of the molecule is COc1ccc(Cn2ccnc2)cc1C(C)C. The predicted octanol–water partition coefficient (Wildman–Crippen LogP) is 3.06. The molecule has 0 unspecified atom stereocenters. The lowest BCUT2D eigenvalue weighted by molar-refractivity contribution is 0.407. The summed E-state index contributed by atoms with van der Waals surface area (Å²) in [4.78, 5) is 4.05. The highest BCUT2D eigenvalue weighted by molar-refractivity contribution is 5.39. The molecule has 1 aromatic carbocycles. The number of imidazole rings is 1. The number of methoxy groups -OCH3 is 1. The van der Waals surface area contributed by atoms with Crippen LogP contribution in [0.3, 0.4) is 0 Å². The van der Waals surface area contributed by atoms with Gasteiger partial charge in [0.25, 0.3) is 0 Å². The van der Waals surface area contributed by atoms with Crippen LogP contribution in [0.15, 0.2) is 36.9 Å². The van der Waals surface area contributed by atoms with Gasteiger partial charge in [-0.05, 0) is 23.1 Å². The fraction of sp³-hybridized carbons (Fsp3) is 0.357. The average Bonchev–Trinajstić information content (AvgIpc) is 2.81. The molecule has 0 fully saturated rings. The molecule has 1 aromatic heterocycles. The highest BCUT2D eigenvalue weighted by atomic mass is 16.5. The van der Waals surface area contributed by atoms with E-state index >= 15 is 0 Å². The summed E-state index contributed by atoms with van der Waals surface area (Å²) in [5.74, 6) is 1.43. The van der Waals surface area contributed by atoms with E-state index in [1.54, 1.807) is 13.3 Å². The molecule has 1 heterocycles.